The Bertz CT molecular complexity index is 1470. The summed E-state index contributed by atoms with van der Waals surface area (Å²) in [5.41, 5.74) is 8.61. The van der Waals surface area contributed by atoms with Crippen LogP contribution in [0.1, 0.15) is 40.1 Å². The Morgan fingerprint density at radius 2 is 1.97 bits per heavy atom. The van der Waals surface area contributed by atoms with Gasteiger partial charge in [0.1, 0.15) is 11.6 Å². The first-order chi connectivity index (χ1) is 16.5. The molecule has 4 N–H and O–H groups in total. The normalized spacial score (nSPS) is 12.6. The molecule has 4 rings (SSSR count). The molecular weight excluding hydrogens is 461 g/mol. The number of aromatic amines is 1. The van der Waals surface area contributed by atoms with Crippen LogP contribution < -0.4 is 16.6 Å². The van der Waals surface area contributed by atoms with E-state index in [1.807, 2.05) is 26.0 Å². The van der Waals surface area contributed by atoms with Crippen LogP contribution >= 0.6 is 0 Å². The van der Waals surface area contributed by atoms with Crippen LogP contribution in [-0.2, 0) is 6.54 Å². The first-order valence-electron chi connectivity index (χ1n) is 10.7. The number of nitrogen functional groups attached to an aromatic ring is 1. The van der Waals surface area contributed by atoms with E-state index in [4.69, 9.17) is 5.73 Å². The van der Waals surface area contributed by atoms with Gasteiger partial charge in [-0.3, -0.25) is 14.6 Å². The lowest BCUT2D eigenvalue weighted by molar-refractivity contribution is -0.162. The van der Waals surface area contributed by atoms with Gasteiger partial charge in [0.15, 0.2) is 5.82 Å². The van der Waals surface area contributed by atoms with Crippen molar-refractivity contribution < 1.29 is 18.0 Å². The maximum Gasteiger partial charge on any atom is 0.408 e. The Balaban J connectivity index is 1.64. The zero-order valence-corrected chi connectivity index (χ0v) is 19.2. The van der Waals surface area contributed by atoms with Crippen LogP contribution in [0, 0.1) is 13.8 Å². The summed E-state index contributed by atoms with van der Waals surface area (Å²) in [6.45, 7) is 4.87. The molecule has 35 heavy (non-hydrogen) atoms. The van der Waals surface area contributed by atoms with Crippen molar-refractivity contribution >= 4 is 22.6 Å². The van der Waals surface area contributed by atoms with Crippen LogP contribution in [-0.4, -0.2) is 31.8 Å². The number of hydrogen-bond donors (Lipinski definition) is 3. The molecule has 0 bridgehead atoms. The third-order valence-corrected chi connectivity index (χ3v) is 5.88. The van der Waals surface area contributed by atoms with Gasteiger partial charge in [-0.15, -0.1) is 0 Å². The van der Waals surface area contributed by atoms with Gasteiger partial charge >= 0.3 is 6.18 Å². The van der Waals surface area contributed by atoms with Crippen LogP contribution in [0.4, 0.5) is 19.0 Å². The van der Waals surface area contributed by atoms with Crippen molar-refractivity contribution in [3.63, 3.8) is 0 Å². The number of nitrogens with two attached hydrogens (primary N) is 1. The number of amides is 1. The Kier molecular flexibility index (Phi) is 6.10. The van der Waals surface area contributed by atoms with E-state index in [0.29, 0.717) is 22.4 Å². The minimum atomic E-state index is -4.58. The average molecular weight is 484 g/mol. The SMILES string of the molecule is Cc1ccc(C)c(C(=O)NCc2ccc(-c3cn(C(C)C(F)(F)F)c4c(=O)[nH]nc(N)c34)cn2)c1. The lowest BCUT2D eigenvalue weighted by Crippen LogP contribution is -2.25. The van der Waals surface area contributed by atoms with Gasteiger partial charge in [-0.2, -0.15) is 18.3 Å². The highest BCUT2D eigenvalue weighted by Crippen LogP contribution is 2.37. The molecule has 0 aliphatic heterocycles. The maximum atomic E-state index is 13.5. The van der Waals surface area contributed by atoms with Crippen molar-refractivity contribution in [2.45, 2.75) is 39.5 Å². The van der Waals surface area contributed by atoms with Crippen LogP contribution in [0.2, 0.25) is 0 Å². The van der Waals surface area contributed by atoms with E-state index in [1.165, 1.54) is 12.4 Å². The first kappa shape index (κ1) is 24.0. The van der Waals surface area contributed by atoms with Crippen molar-refractivity contribution in [2.24, 2.45) is 0 Å². The van der Waals surface area contributed by atoms with E-state index in [1.54, 1.807) is 18.2 Å². The Morgan fingerprint density at radius 1 is 1.23 bits per heavy atom. The third-order valence-electron chi connectivity index (χ3n) is 5.88. The van der Waals surface area contributed by atoms with Gasteiger partial charge in [-0.05, 0) is 38.5 Å². The predicted molar refractivity (Wildman–Crippen MR) is 126 cm³/mol. The number of rotatable bonds is 5. The van der Waals surface area contributed by atoms with Crippen LogP contribution in [0.25, 0.3) is 22.0 Å². The number of aryl methyl sites for hydroxylation is 2. The van der Waals surface area contributed by atoms with E-state index < -0.39 is 17.8 Å². The Hall–Kier alpha value is -4.15. The molecule has 0 aliphatic rings. The number of aromatic nitrogens is 4. The predicted octanol–water partition coefficient (Wildman–Crippen LogP) is 4.04. The standard InChI is InChI=1S/C24H23F3N6O2/c1-12-4-5-13(2)17(8-12)22(34)30-10-16-7-6-15(9-29-16)18-11-33(14(3)24(25,26)27)20-19(18)21(28)31-32-23(20)35/h4-9,11,14H,10H2,1-3H3,(H2,28,31)(H,30,34)(H,32,35). The minimum Gasteiger partial charge on any atom is -0.382 e. The smallest absolute Gasteiger partial charge is 0.382 e. The number of carbonyl (C=O) groups is 1. The summed E-state index contributed by atoms with van der Waals surface area (Å²) < 4.78 is 41.2. The summed E-state index contributed by atoms with van der Waals surface area (Å²) in [6.07, 6.45) is -1.89. The number of alkyl halides is 3. The van der Waals surface area contributed by atoms with Crippen molar-refractivity contribution in [3.05, 3.63) is 75.5 Å². The quantitative estimate of drug-likeness (QED) is 0.395. The zero-order valence-electron chi connectivity index (χ0n) is 19.2. The molecule has 11 heteroatoms. The highest BCUT2D eigenvalue weighted by atomic mass is 19.4. The molecule has 1 atom stereocenters. The number of fused-ring (bicyclic) bond motifs is 1. The second-order valence-electron chi connectivity index (χ2n) is 8.37. The Labute approximate surface area is 198 Å². The number of anilines is 1. The van der Waals surface area contributed by atoms with Gasteiger partial charge < -0.3 is 15.6 Å². The molecule has 1 unspecified atom stereocenters. The average Bonchev–Trinajstić information content (AvgIpc) is 3.22. The fourth-order valence-corrected chi connectivity index (χ4v) is 3.85. The van der Waals surface area contributed by atoms with Crippen molar-refractivity contribution in [2.75, 3.05) is 5.73 Å². The molecule has 3 aromatic heterocycles. The van der Waals surface area contributed by atoms with Gasteiger partial charge in [0.05, 0.1) is 17.6 Å². The van der Waals surface area contributed by atoms with Crippen molar-refractivity contribution in [3.8, 4) is 11.1 Å². The number of pyridine rings is 1. The molecule has 8 nitrogen and oxygen atoms in total. The lowest BCUT2D eigenvalue weighted by atomic mass is 10.1. The second kappa shape index (κ2) is 8.90. The second-order valence-corrected chi connectivity index (χ2v) is 8.37. The summed E-state index contributed by atoms with van der Waals surface area (Å²) in [4.78, 5) is 29.3. The monoisotopic (exact) mass is 484 g/mol. The van der Waals surface area contributed by atoms with Crippen LogP contribution in [0.5, 0.6) is 0 Å². The van der Waals surface area contributed by atoms with E-state index in [9.17, 15) is 22.8 Å². The molecule has 0 saturated carbocycles. The molecule has 0 radical (unpaired) electrons. The van der Waals surface area contributed by atoms with Crippen LogP contribution in [0.3, 0.4) is 0 Å². The zero-order chi connectivity index (χ0) is 25.5. The Morgan fingerprint density at radius 3 is 2.63 bits per heavy atom. The van der Waals surface area contributed by atoms with Gasteiger partial charge in [-0.25, -0.2) is 5.10 Å². The van der Waals surface area contributed by atoms with Crippen LogP contribution in [0.15, 0.2) is 47.5 Å². The molecule has 182 valence electrons. The van der Waals surface area contributed by atoms with E-state index in [-0.39, 0.29) is 29.2 Å². The highest BCUT2D eigenvalue weighted by molar-refractivity contribution is 6.02. The number of nitrogens with zero attached hydrogens (tertiary/aromatic N) is 3. The van der Waals surface area contributed by atoms with Gasteiger partial charge in [-0.1, -0.05) is 23.8 Å². The summed E-state index contributed by atoms with van der Waals surface area (Å²) >= 11 is 0. The van der Waals surface area contributed by atoms with Gasteiger partial charge in [0.2, 0.25) is 0 Å². The maximum absolute atomic E-state index is 13.5. The molecule has 0 fully saturated rings. The minimum absolute atomic E-state index is 0.104. The number of H-pyrrole nitrogens is 1. The molecule has 0 saturated heterocycles. The van der Waals surface area contributed by atoms with Gasteiger partial charge in [0.25, 0.3) is 11.5 Å². The number of halogens is 3. The number of hydrogen-bond acceptors (Lipinski definition) is 5. The fraction of sp³-hybridized carbons (Fsp3) is 0.250. The van der Waals surface area contributed by atoms with Gasteiger partial charge in [0, 0.05) is 29.1 Å². The molecule has 0 aliphatic carbocycles. The number of benzene rings is 1. The molecular formula is C24H23F3N6O2. The molecule has 1 aromatic carbocycles. The molecule has 0 spiro atoms. The largest absolute Gasteiger partial charge is 0.408 e. The number of carbonyl (C=O) groups excluding carboxylic acids is 1. The molecule has 1 amide bonds. The highest BCUT2D eigenvalue weighted by Gasteiger charge is 2.39. The first-order valence-corrected chi connectivity index (χ1v) is 10.7. The fourth-order valence-electron chi connectivity index (χ4n) is 3.85. The molecule has 4 aromatic rings. The molecule has 3 heterocycles. The number of nitrogens with one attached hydrogen (secondary N) is 2. The summed E-state index contributed by atoms with van der Waals surface area (Å²) in [7, 11) is 0. The van der Waals surface area contributed by atoms with E-state index in [0.717, 1.165) is 22.6 Å². The third kappa shape index (κ3) is 4.61. The van der Waals surface area contributed by atoms with Crippen molar-refractivity contribution in [1.29, 1.82) is 0 Å². The van der Waals surface area contributed by atoms with E-state index >= 15 is 0 Å². The summed E-state index contributed by atoms with van der Waals surface area (Å²) in [5.74, 6) is -0.341. The summed E-state index contributed by atoms with van der Waals surface area (Å²) in [6, 6.07) is 6.93. The topological polar surface area (TPSA) is 119 Å². The van der Waals surface area contributed by atoms with E-state index in [2.05, 4.69) is 20.5 Å². The summed E-state index contributed by atoms with van der Waals surface area (Å²) in [5, 5.41) is 8.78. The lowest BCUT2D eigenvalue weighted by Gasteiger charge is -2.18. The van der Waals surface area contributed by atoms with Crippen molar-refractivity contribution in [1.82, 2.24) is 25.1 Å².